The smallest absolute Gasteiger partial charge is 0.217 e. The van der Waals surface area contributed by atoms with Crippen LogP contribution in [0.1, 0.15) is 24.5 Å². The molecule has 19 heavy (non-hydrogen) atoms. The normalized spacial score (nSPS) is 19.3. The van der Waals surface area contributed by atoms with Gasteiger partial charge in [-0.05, 0) is 12.0 Å². The molecule has 0 spiro atoms. The van der Waals surface area contributed by atoms with Gasteiger partial charge in [0, 0.05) is 38.2 Å². The molecule has 1 aromatic rings. The minimum absolute atomic E-state index is 0.0374. The van der Waals surface area contributed by atoms with E-state index in [4.69, 9.17) is 18.0 Å². The Morgan fingerprint density at radius 1 is 1.53 bits per heavy atom. The molecule has 0 radical (unpaired) electrons. The van der Waals surface area contributed by atoms with Crippen molar-refractivity contribution in [1.29, 1.82) is 0 Å². The van der Waals surface area contributed by atoms with Crippen LogP contribution in [0.3, 0.4) is 0 Å². The number of likely N-dealkylation sites (tertiary alicyclic amines) is 1. The van der Waals surface area contributed by atoms with Crippen LogP contribution in [0.2, 0.25) is 0 Å². The Kier molecular flexibility index (Phi) is 4.50. The molecular formula is C14H19N3OS. The number of nitrogens with zero attached hydrogens (tertiary/aromatic N) is 1. The van der Waals surface area contributed by atoms with Crippen molar-refractivity contribution in [2.75, 3.05) is 13.1 Å². The molecule has 1 saturated heterocycles. The highest BCUT2D eigenvalue weighted by molar-refractivity contribution is 7.80. The van der Waals surface area contributed by atoms with Gasteiger partial charge in [0.05, 0.1) is 0 Å². The Morgan fingerprint density at radius 2 is 2.26 bits per heavy atom. The summed E-state index contributed by atoms with van der Waals surface area (Å²) in [4.78, 5) is 13.8. The molecule has 4 nitrogen and oxygen atoms in total. The van der Waals surface area contributed by atoms with E-state index in [9.17, 15) is 4.79 Å². The van der Waals surface area contributed by atoms with Gasteiger partial charge in [0.25, 0.3) is 0 Å². The maximum atomic E-state index is 11.0. The van der Waals surface area contributed by atoms with E-state index in [0.717, 1.165) is 37.2 Å². The van der Waals surface area contributed by atoms with Crippen LogP contribution in [0.5, 0.6) is 0 Å². The average Bonchev–Trinajstić information content (AvgIpc) is 2.76. The lowest BCUT2D eigenvalue weighted by Crippen LogP contribution is -2.35. The fourth-order valence-corrected chi connectivity index (χ4v) is 2.72. The summed E-state index contributed by atoms with van der Waals surface area (Å²) in [6.45, 7) is 4.25. The minimum Gasteiger partial charge on any atom is -0.389 e. The van der Waals surface area contributed by atoms with Crippen LogP contribution < -0.4 is 11.1 Å². The van der Waals surface area contributed by atoms with Crippen molar-refractivity contribution in [3.05, 3.63) is 35.4 Å². The largest absolute Gasteiger partial charge is 0.389 e. The molecule has 1 heterocycles. The first-order valence-electron chi connectivity index (χ1n) is 6.43. The molecule has 1 fully saturated rings. The van der Waals surface area contributed by atoms with Gasteiger partial charge in [0.1, 0.15) is 4.99 Å². The standard InChI is InChI=1S/C14H19N3OS/c1-10(18)16-12-6-7-17(9-12)8-11-4-2-3-5-13(11)14(15)19/h2-5,12H,6-9H2,1H3,(H2,15,19)(H,16,18). The van der Waals surface area contributed by atoms with Crippen LogP contribution in [0.4, 0.5) is 0 Å². The number of benzene rings is 1. The van der Waals surface area contributed by atoms with Crippen LogP contribution in [0, 0.1) is 0 Å². The molecule has 2 rings (SSSR count). The third-order valence-electron chi connectivity index (χ3n) is 3.36. The van der Waals surface area contributed by atoms with Crippen molar-refractivity contribution >= 4 is 23.1 Å². The zero-order chi connectivity index (χ0) is 13.8. The molecular weight excluding hydrogens is 258 g/mol. The summed E-state index contributed by atoms with van der Waals surface area (Å²) >= 11 is 5.07. The number of rotatable bonds is 4. The van der Waals surface area contributed by atoms with Gasteiger partial charge in [-0.25, -0.2) is 0 Å². The highest BCUT2D eigenvalue weighted by atomic mass is 32.1. The summed E-state index contributed by atoms with van der Waals surface area (Å²) in [5, 5.41) is 2.96. The van der Waals surface area contributed by atoms with Crippen LogP contribution in [0.25, 0.3) is 0 Å². The highest BCUT2D eigenvalue weighted by Crippen LogP contribution is 2.16. The van der Waals surface area contributed by atoms with E-state index in [2.05, 4.69) is 16.3 Å². The van der Waals surface area contributed by atoms with Gasteiger partial charge in [-0.2, -0.15) is 0 Å². The summed E-state index contributed by atoms with van der Waals surface area (Å²) in [6, 6.07) is 8.22. The lowest BCUT2D eigenvalue weighted by molar-refractivity contribution is -0.119. The first kappa shape index (κ1) is 14.0. The molecule has 0 aromatic heterocycles. The summed E-state index contributed by atoms with van der Waals surface area (Å²) in [5.74, 6) is 0.0374. The van der Waals surface area contributed by atoms with Gasteiger partial charge >= 0.3 is 0 Å². The molecule has 5 heteroatoms. The minimum atomic E-state index is 0.0374. The quantitative estimate of drug-likeness (QED) is 0.807. The highest BCUT2D eigenvalue weighted by Gasteiger charge is 2.23. The Morgan fingerprint density at radius 3 is 2.95 bits per heavy atom. The molecule has 0 aliphatic carbocycles. The van der Waals surface area contributed by atoms with Crippen molar-refractivity contribution < 1.29 is 4.79 Å². The van der Waals surface area contributed by atoms with Crippen LogP contribution in [-0.2, 0) is 11.3 Å². The van der Waals surface area contributed by atoms with Crippen molar-refractivity contribution in [2.24, 2.45) is 5.73 Å². The number of hydrogen-bond acceptors (Lipinski definition) is 3. The zero-order valence-electron chi connectivity index (χ0n) is 11.1. The third kappa shape index (κ3) is 3.75. The third-order valence-corrected chi connectivity index (χ3v) is 3.58. The second-order valence-electron chi connectivity index (χ2n) is 4.94. The zero-order valence-corrected chi connectivity index (χ0v) is 11.9. The van der Waals surface area contributed by atoms with E-state index in [1.807, 2.05) is 18.2 Å². The predicted octanol–water partition coefficient (Wildman–Crippen LogP) is 1.03. The first-order chi connectivity index (χ1) is 9.06. The van der Waals surface area contributed by atoms with Gasteiger partial charge < -0.3 is 11.1 Å². The topological polar surface area (TPSA) is 58.4 Å². The van der Waals surface area contributed by atoms with Gasteiger partial charge in [0.2, 0.25) is 5.91 Å². The van der Waals surface area contributed by atoms with E-state index < -0.39 is 0 Å². The van der Waals surface area contributed by atoms with E-state index in [-0.39, 0.29) is 11.9 Å². The number of amides is 1. The van der Waals surface area contributed by atoms with E-state index in [1.54, 1.807) is 6.92 Å². The summed E-state index contributed by atoms with van der Waals surface area (Å²) in [5.41, 5.74) is 7.83. The molecule has 1 aliphatic heterocycles. The Balaban J connectivity index is 1.99. The van der Waals surface area contributed by atoms with Gasteiger partial charge in [0.15, 0.2) is 0 Å². The Bertz CT molecular complexity index is 489. The van der Waals surface area contributed by atoms with Gasteiger partial charge in [-0.3, -0.25) is 9.69 Å². The lowest BCUT2D eigenvalue weighted by Gasteiger charge is -2.18. The molecule has 1 unspecified atom stereocenters. The molecule has 0 saturated carbocycles. The lowest BCUT2D eigenvalue weighted by atomic mass is 10.1. The van der Waals surface area contributed by atoms with Crippen molar-refractivity contribution in [3.8, 4) is 0 Å². The van der Waals surface area contributed by atoms with Crippen LogP contribution in [-0.4, -0.2) is 34.9 Å². The summed E-state index contributed by atoms with van der Waals surface area (Å²) in [7, 11) is 0. The Hall–Kier alpha value is -1.46. The van der Waals surface area contributed by atoms with Crippen molar-refractivity contribution in [1.82, 2.24) is 10.2 Å². The molecule has 3 N–H and O–H groups in total. The number of nitrogens with two attached hydrogens (primary N) is 1. The maximum absolute atomic E-state index is 11.0. The number of carbonyl (C=O) groups is 1. The van der Waals surface area contributed by atoms with Gasteiger partial charge in [-0.15, -0.1) is 0 Å². The van der Waals surface area contributed by atoms with Crippen molar-refractivity contribution in [2.45, 2.75) is 25.9 Å². The SMILES string of the molecule is CC(=O)NC1CCN(Cc2ccccc2C(N)=S)C1. The summed E-state index contributed by atoms with van der Waals surface area (Å²) in [6.07, 6.45) is 0.995. The van der Waals surface area contributed by atoms with Crippen molar-refractivity contribution in [3.63, 3.8) is 0 Å². The molecule has 1 amide bonds. The average molecular weight is 277 g/mol. The summed E-state index contributed by atoms with van der Waals surface area (Å²) < 4.78 is 0. The fourth-order valence-electron chi connectivity index (χ4n) is 2.52. The molecule has 1 aromatic carbocycles. The monoisotopic (exact) mass is 277 g/mol. The van der Waals surface area contributed by atoms with E-state index in [0.29, 0.717) is 4.99 Å². The van der Waals surface area contributed by atoms with E-state index in [1.165, 1.54) is 0 Å². The Labute approximate surface area is 119 Å². The first-order valence-corrected chi connectivity index (χ1v) is 6.84. The second kappa shape index (κ2) is 6.12. The van der Waals surface area contributed by atoms with Crippen LogP contribution >= 0.6 is 12.2 Å². The number of hydrogen-bond donors (Lipinski definition) is 2. The number of carbonyl (C=O) groups excluding carboxylic acids is 1. The van der Waals surface area contributed by atoms with E-state index >= 15 is 0 Å². The predicted molar refractivity (Wildman–Crippen MR) is 79.8 cm³/mol. The number of nitrogens with one attached hydrogen (secondary N) is 1. The molecule has 1 atom stereocenters. The maximum Gasteiger partial charge on any atom is 0.217 e. The van der Waals surface area contributed by atoms with Gasteiger partial charge in [-0.1, -0.05) is 36.5 Å². The number of thiocarbonyl (C=S) groups is 1. The fraction of sp³-hybridized carbons (Fsp3) is 0.429. The molecule has 102 valence electrons. The van der Waals surface area contributed by atoms with Crippen LogP contribution in [0.15, 0.2) is 24.3 Å². The molecule has 1 aliphatic rings. The molecule has 0 bridgehead atoms. The second-order valence-corrected chi connectivity index (χ2v) is 5.38.